The van der Waals surface area contributed by atoms with Gasteiger partial charge in [0.1, 0.15) is 18.5 Å². The predicted octanol–water partition coefficient (Wildman–Crippen LogP) is 3.58. The number of aliphatic hydroxyl groups excluding tert-OH is 2. The van der Waals surface area contributed by atoms with Crippen LogP contribution in [0.4, 0.5) is 0 Å². The van der Waals surface area contributed by atoms with Crippen molar-refractivity contribution in [3.8, 4) is 5.75 Å². The number of fused-ring (bicyclic) bond motifs is 1. The highest BCUT2D eigenvalue weighted by Gasteiger charge is 2.43. The summed E-state index contributed by atoms with van der Waals surface area (Å²) in [5.41, 5.74) is 0.351. The molecule has 178 valence electrons. The largest absolute Gasteiger partial charge is 0.491 e. The Hall–Kier alpha value is -2.26. The van der Waals surface area contributed by atoms with Gasteiger partial charge in [-0.05, 0) is 37.8 Å². The lowest BCUT2D eigenvalue weighted by Gasteiger charge is -2.21. The fraction of sp³-hybridized carbons (Fsp3) is 0.520. The zero-order valence-corrected chi connectivity index (χ0v) is 19.5. The van der Waals surface area contributed by atoms with Crippen LogP contribution in [0.3, 0.4) is 0 Å². The van der Waals surface area contributed by atoms with Gasteiger partial charge in [0.25, 0.3) is 0 Å². The molecule has 1 saturated heterocycles. The number of ether oxygens (including phenoxy) is 3. The van der Waals surface area contributed by atoms with E-state index in [1.165, 1.54) is 11.3 Å². The third-order valence-electron chi connectivity index (χ3n) is 6.33. The van der Waals surface area contributed by atoms with Crippen molar-refractivity contribution in [2.24, 2.45) is 11.8 Å². The van der Waals surface area contributed by atoms with E-state index in [9.17, 15) is 15.0 Å². The molecule has 4 rings (SSSR count). The molecule has 2 fully saturated rings. The van der Waals surface area contributed by atoms with Gasteiger partial charge in [0.2, 0.25) is 0 Å². The third kappa shape index (κ3) is 6.00. The van der Waals surface area contributed by atoms with Crippen LogP contribution in [0.15, 0.2) is 47.9 Å². The Morgan fingerprint density at radius 2 is 2.15 bits per heavy atom. The number of esters is 1. The Morgan fingerprint density at radius 1 is 1.33 bits per heavy atom. The van der Waals surface area contributed by atoms with Crippen LogP contribution in [0.2, 0.25) is 0 Å². The molecule has 0 radical (unpaired) electrons. The fourth-order valence-corrected chi connectivity index (χ4v) is 5.55. The second kappa shape index (κ2) is 11.2. The molecule has 1 aliphatic carbocycles. The van der Waals surface area contributed by atoms with Gasteiger partial charge in [0.05, 0.1) is 30.4 Å². The number of aliphatic hydroxyl groups is 2. The summed E-state index contributed by atoms with van der Waals surface area (Å²) in [4.78, 5) is 16.4. The topological polar surface area (TPSA) is 98.1 Å². The molecule has 7 nitrogen and oxygen atoms in total. The van der Waals surface area contributed by atoms with Gasteiger partial charge in [-0.1, -0.05) is 30.4 Å². The Labute approximate surface area is 198 Å². The maximum absolute atomic E-state index is 11.9. The van der Waals surface area contributed by atoms with Crippen LogP contribution < -0.4 is 4.74 Å². The van der Waals surface area contributed by atoms with Gasteiger partial charge in [0, 0.05) is 23.6 Å². The van der Waals surface area contributed by atoms with Crippen LogP contribution in [0.25, 0.3) is 0 Å². The van der Waals surface area contributed by atoms with Crippen molar-refractivity contribution in [2.45, 2.75) is 50.4 Å². The molecule has 2 aromatic rings. The first kappa shape index (κ1) is 23.9. The van der Waals surface area contributed by atoms with E-state index >= 15 is 0 Å². The molecule has 1 aromatic carbocycles. The van der Waals surface area contributed by atoms with Crippen LogP contribution in [0.5, 0.6) is 5.75 Å². The Morgan fingerprint density at radius 3 is 2.94 bits per heavy atom. The van der Waals surface area contributed by atoms with Gasteiger partial charge < -0.3 is 24.4 Å². The standard InChI is InChI=1S/C25H31NO6S/c1-2-30-25(29)21-15-33-24(26-21)16-8-10-20-19(22(28)12-23(20)32-13-16)11-9-17(27)14-31-18-6-4-3-5-7-18/h3-7,9,11,15-17,19-20,22-23,27-28H,2,8,10,12-14H2,1H3/t16-,17+,19+,20+,22+,23-/m0/s1. The average Bonchev–Trinajstić information content (AvgIpc) is 3.36. The van der Waals surface area contributed by atoms with Crippen molar-refractivity contribution in [3.05, 3.63) is 58.6 Å². The molecule has 6 atom stereocenters. The highest BCUT2D eigenvalue weighted by Crippen LogP contribution is 2.43. The summed E-state index contributed by atoms with van der Waals surface area (Å²) in [7, 11) is 0. The van der Waals surface area contributed by atoms with Crippen LogP contribution >= 0.6 is 11.3 Å². The van der Waals surface area contributed by atoms with Crippen molar-refractivity contribution in [1.82, 2.24) is 4.98 Å². The summed E-state index contributed by atoms with van der Waals surface area (Å²) in [5.74, 6) is 0.534. The van der Waals surface area contributed by atoms with E-state index in [1.54, 1.807) is 18.4 Å². The second-order valence-corrected chi connectivity index (χ2v) is 9.45. The van der Waals surface area contributed by atoms with Gasteiger partial charge in [-0.3, -0.25) is 0 Å². The average molecular weight is 474 g/mol. The number of hydrogen-bond donors (Lipinski definition) is 2. The zero-order chi connectivity index (χ0) is 23.2. The number of nitrogens with zero attached hydrogens (tertiary/aromatic N) is 1. The quantitative estimate of drug-likeness (QED) is 0.447. The van der Waals surface area contributed by atoms with E-state index in [2.05, 4.69) is 4.98 Å². The summed E-state index contributed by atoms with van der Waals surface area (Å²) in [6.07, 6.45) is 4.68. The van der Waals surface area contributed by atoms with Crippen molar-refractivity contribution in [1.29, 1.82) is 0 Å². The molecule has 2 N–H and O–H groups in total. The third-order valence-corrected chi connectivity index (χ3v) is 7.33. The smallest absolute Gasteiger partial charge is 0.357 e. The first-order valence-corrected chi connectivity index (χ1v) is 12.4. The monoisotopic (exact) mass is 473 g/mol. The summed E-state index contributed by atoms with van der Waals surface area (Å²) >= 11 is 1.46. The SMILES string of the molecule is CCOC(=O)c1csc([C@H]2CC[C@@H]3[C@@H](C=C[C@@H](O)COc4ccccc4)[C@H](O)C[C@@H]3OC2)n1. The Balaban J connectivity index is 1.34. The molecule has 2 heterocycles. The van der Waals surface area contributed by atoms with Gasteiger partial charge in [-0.2, -0.15) is 0 Å². The number of para-hydroxylation sites is 1. The van der Waals surface area contributed by atoms with E-state index in [0.29, 0.717) is 31.1 Å². The van der Waals surface area contributed by atoms with Crippen molar-refractivity contribution in [2.75, 3.05) is 19.8 Å². The number of carbonyl (C=O) groups excluding carboxylic acids is 1. The number of rotatable bonds is 8. The lowest BCUT2D eigenvalue weighted by molar-refractivity contribution is 0.0286. The van der Waals surface area contributed by atoms with Gasteiger partial charge >= 0.3 is 5.97 Å². The molecule has 8 heteroatoms. The maximum atomic E-state index is 11.9. The highest BCUT2D eigenvalue weighted by molar-refractivity contribution is 7.09. The van der Waals surface area contributed by atoms with Gasteiger partial charge in [-0.15, -0.1) is 11.3 Å². The summed E-state index contributed by atoms with van der Waals surface area (Å²) in [6, 6.07) is 9.37. The molecule has 1 aliphatic heterocycles. The molecule has 0 unspecified atom stereocenters. The molecule has 33 heavy (non-hydrogen) atoms. The number of aromatic nitrogens is 1. The highest BCUT2D eigenvalue weighted by atomic mass is 32.1. The number of thiazole rings is 1. The minimum atomic E-state index is -0.757. The lowest BCUT2D eigenvalue weighted by atomic mass is 9.87. The summed E-state index contributed by atoms with van der Waals surface area (Å²) < 4.78 is 16.8. The number of carbonyl (C=O) groups is 1. The minimum absolute atomic E-state index is 0.0261. The molecule has 0 amide bonds. The first-order valence-electron chi connectivity index (χ1n) is 11.5. The molecular formula is C25H31NO6S. The fourth-order valence-electron chi connectivity index (χ4n) is 4.64. The molecule has 1 saturated carbocycles. The molecule has 0 bridgehead atoms. The minimum Gasteiger partial charge on any atom is -0.491 e. The molecule has 2 aliphatic rings. The Kier molecular flexibility index (Phi) is 8.14. The summed E-state index contributed by atoms with van der Waals surface area (Å²) in [5, 5.41) is 23.6. The zero-order valence-electron chi connectivity index (χ0n) is 18.7. The van der Waals surface area contributed by atoms with Gasteiger partial charge in [-0.25, -0.2) is 9.78 Å². The normalized spacial score (nSPS) is 28.3. The first-order chi connectivity index (χ1) is 16.0. The second-order valence-electron chi connectivity index (χ2n) is 8.56. The lowest BCUT2D eigenvalue weighted by Crippen LogP contribution is -2.22. The molecule has 0 spiro atoms. The van der Waals surface area contributed by atoms with Crippen molar-refractivity contribution in [3.63, 3.8) is 0 Å². The van der Waals surface area contributed by atoms with E-state index < -0.39 is 18.2 Å². The van der Waals surface area contributed by atoms with E-state index in [4.69, 9.17) is 14.2 Å². The van der Waals surface area contributed by atoms with Crippen molar-refractivity contribution >= 4 is 17.3 Å². The molecule has 1 aromatic heterocycles. The van der Waals surface area contributed by atoms with Crippen LogP contribution in [-0.4, -0.2) is 59.3 Å². The number of hydrogen-bond acceptors (Lipinski definition) is 8. The van der Waals surface area contributed by atoms with Crippen molar-refractivity contribution < 1.29 is 29.2 Å². The van der Waals surface area contributed by atoms with E-state index in [0.717, 1.165) is 17.8 Å². The van der Waals surface area contributed by atoms with Crippen LogP contribution in [0, 0.1) is 11.8 Å². The summed E-state index contributed by atoms with van der Waals surface area (Å²) in [6.45, 7) is 2.78. The molecular weight excluding hydrogens is 442 g/mol. The van der Waals surface area contributed by atoms with Crippen LogP contribution in [-0.2, 0) is 9.47 Å². The number of benzene rings is 1. The Bertz CT molecular complexity index is 932. The predicted molar refractivity (Wildman–Crippen MR) is 124 cm³/mol. The van der Waals surface area contributed by atoms with E-state index in [1.807, 2.05) is 36.4 Å². The van der Waals surface area contributed by atoms with Crippen LogP contribution in [0.1, 0.15) is 47.6 Å². The van der Waals surface area contributed by atoms with Gasteiger partial charge in [0.15, 0.2) is 5.69 Å². The maximum Gasteiger partial charge on any atom is 0.357 e. The van der Waals surface area contributed by atoms with E-state index in [-0.39, 0.29) is 30.5 Å².